The second kappa shape index (κ2) is 11.6. The minimum Gasteiger partial charge on any atom is -0.481 e. The third-order valence-electron chi connectivity index (χ3n) is 3.27. The standard InChI is InChI=1S/C16H26N4O7/c1-8(2)14(16(27)17-6-9(3)21)20-12(23)7-18-15(26)11(5-13(24)25)19-10(4)22/h8,11,14H,5-7H2,1-4H3,(H,17,27)(H,18,26)(H,19,22)(H,20,23)(H,24,25)/t11-,14?/m0/s1. The van der Waals surface area contributed by atoms with Crippen molar-refractivity contribution in [1.82, 2.24) is 21.3 Å². The van der Waals surface area contributed by atoms with Gasteiger partial charge in [-0.15, -0.1) is 0 Å². The molecule has 0 bridgehead atoms. The average molecular weight is 386 g/mol. The molecule has 0 aromatic rings. The minimum atomic E-state index is -1.33. The Kier molecular flexibility index (Phi) is 10.3. The number of carboxylic acid groups (broad SMARTS) is 1. The van der Waals surface area contributed by atoms with Gasteiger partial charge in [-0.1, -0.05) is 13.8 Å². The molecule has 0 aromatic carbocycles. The molecule has 0 aliphatic rings. The quantitative estimate of drug-likeness (QED) is 0.271. The van der Waals surface area contributed by atoms with Gasteiger partial charge in [0, 0.05) is 6.92 Å². The SMILES string of the molecule is CC(=O)CNC(=O)C(NC(=O)CNC(=O)[C@H](CC(=O)O)NC(C)=O)C(C)C. The van der Waals surface area contributed by atoms with Gasteiger partial charge in [0.05, 0.1) is 19.5 Å². The molecule has 5 N–H and O–H groups in total. The number of carbonyl (C=O) groups excluding carboxylic acids is 5. The van der Waals surface area contributed by atoms with Crippen LogP contribution in [-0.4, -0.2) is 65.7 Å². The number of carbonyl (C=O) groups is 6. The van der Waals surface area contributed by atoms with Gasteiger partial charge < -0.3 is 26.4 Å². The monoisotopic (exact) mass is 386 g/mol. The van der Waals surface area contributed by atoms with Crippen molar-refractivity contribution in [3.63, 3.8) is 0 Å². The summed E-state index contributed by atoms with van der Waals surface area (Å²) in [6.45, 7) is 5.14. The molecule has 0 spiro atoms. The number of rotatable bonds is 11. The average Bonchev–Trinajstić information content (AvgIpc) is 2.53. The van der Waals surface area contributed by atoms with Gasteiger partial charge in [-0.05, 0) is 12.8 Å². The van der Waals surface area contributed by atoms with Crippen LogP contribution < -0.4 is 21.3 Å². The van der Waals surface area contributed by atoms with E-state index >= 15 is 0 Å². The fourth-order valence-corrected chi connectivity index (χ4v) is 2.00. The van der Waals surface area contributed by atoms with E-state index in [1.807, 2.05) is 0 Å². The first-order valence-electron chi connectivity index (χ1n) is 8.27. The Balaban J connectivity index is 4.73. The number of hydrogen-bond donors (Lipinski definition) is 5. The van der Waals surface area contributed by atoms with Crippen LogP contribution in [0.3, 0.4) is 0 Å². The number of nitrogens with one attached hydrogen (secondary N) is 4. The van der Waals surface area contributed by atoms with E-state index in [0.717, 1.165) is 6.92 Å². The molecule has 0 rings (SSSR count). The van der Waals surface area contributed by atoms with Gasteiger partial charge in [0.1, 0.15) is 17.9 Å². The largest absolute Gasteiger partial charge is 0.481 e. The molecule has 0 radical (unpaired) electrons. The maximum Gasteiger partial charge on any atom is 0.305 e. The Hall–Kier alpha value is -2.98. The third-order valence-corrected chi connectivity index (χ3v) is 3.27. The second-order valence-electron chi connectivity index (χ2n) is 6.28. The summed E-state index contributed by atoms with van der Waals surface area (Å²) in [5.41, 5.74) is 0. The van der Waals surface area contributed by atoms with E-state index in [2.05, 4.69) is 21.3 Å². The van der Waals surface area contributed by atoms with Crippen LogP contribution in [-0.2, 0) is 28.8 Å². The Morgan fingerprint density at radius 2 is 1.41 bits per heavy atom. The number of hydrogen-bond acceptors (Lipinski definition) is 6. The lowest BCUT2D eigenvalue weighted by molar-refractivity contribution is -0.140. The molecule has 11 nitrogen and oxygen atoms in total. The van der Waals surface area contributed by atoms with Crippen molar-refractivity contribution >= 4 is 35.4 Å². The summed E-state index contributed by atoms with van der Waals surface area (Å²) in [6.07, 6.45) is -0.644. The van der Waals surface area contributed by atoms with Crippen LogP contribution in [0.2, 0.25) is 0 Å². The molecule has 1 unspecified atom stereocenters. The molecule has 2 atom stereocenters. The zero-order valence-electron chi connectivity index (χ0n) is 15.8. The summed E-state index contributed by atoms with van der Waals surface area (Å²) in [4.78, 5) is 68.7. The molecule has 4 amide bonds. The maximum absolute atomic E-state index is 12.0. The van der Waals surface area contributed by atoms with Crippen molar-refractivity contribution in [3.8, 4) is 0 Å². The van der Waals surface area contributed by atoms with Crippen molar-refractivity contribution in [2.45, 2.75) is 46.2 Å². The maximum atomic E-state index is 12.0. The fourth-order valence-electron chi connectivity index (χ4n) is 2.00. The normalized spacial score (nSPS) is 12.5. The molecule has 0 fully saturated rings. The van der Waals surface area contributed by atoms with Gasteiger partial charge >= 0.3 is 5.97 Å². The van der Waals surface area contributed by atoms with E-state index in [1.54, 1.807) is 13.8 Å². The van der Waals surface area contributed by atoms with Crippen LogP contribution in [0.15, 0.2) is 0 Å². The van der Waals surface area contributed by atoms with E-state index in [9.17, 15) is 28.8 Å². The molecule has 0 heterocycles. The summed E-state index contributed by atoms with van der Waals surface area (Å²) in [6, 6.07) is -2.24. The summed E-state index contributed by atoms with van der Waals surface area (Å²) in [5, 5.41) is 18.0. The highest BCUT2D eigenvalue weighted by Crippen LogP contribution is 2.01. The van der Waals surface area contributed by atoms with Gasteiger partial charge in [-0.2, -0.15) is 0 Å². The molecular formula is C16H26N4O7. The van der Waals surface area contributed by atoms with E-state index < -0.39 is 54.6 Å². The van der Waals surface area contributed by atoms with Gasteiger partial charge in [0.15, 0.2) is 0 Å². The van der Waals surface area contributed by atoms with Crippen LogP contribution in [0.4, 0.5) is 0 Å². The number of Topliss-reactive ketones (excluding diaryl/α,β-unsaturated/α-hetero) is 1. The molecule has 27 heavy (non-hydrogen) atoms. The van der Waals surface area contributed by atoms with Gasteiger partial charge in [0.25, 0.3) is 0 Å². The molecule has 0 aromatic heterocycles. The van der Waals surface area contributed by atoms with Crippen LogP contribution >= 0.6 is 0 Å². The van der Waals surface area contributed by atoms with E-state index in [4.69, 9.17) is 5.11 Å². The lowest BCUT2D eigenvalue weighted by atomic mass is 10.0. The van der Waals surface area contributed by atoms with Crippen molar-refractivity contribution in [2.24, 2.45) is 5.92 Å². The molecule has 0 saturated carbocycles. The van der Waals surface area contributed by atoms with Crippen LogP contribution in [0.1, 0.15) is 34.1 Å². The predicted octanol–water partition coefficient (Wildman–Crippen LogP) is -2.07. The predicted molar refractivity (Wildman–Crippen MR) is 93.3 cm³/mol. The highest BCUT2D eigenvalue weighted by Gasteiger charge is 2.26. The molecule has 0 aliphatic heterocycles. The first-order valence-corrected chi connectivity index (χ1v) is 8.27. The van der Waals surface area contributed by atoms with Crippen molar-refractivity contribution < 1.29 is 33.9 Å². The molecule has 11 heteroatoms. The number of carboxylic acids is 1. The Morgan fingerprint density at radius 3 is 1.85 bits per heavy atom. The Morgan fingerprint density at radius 1 is 0.852 bits per heavy atom. The first-order chi connectivity index (χ1) is 12.4. The second-order valence-corrected chi connectivity index (χ2v) is 6.28. The smallest absolute Gasteiger partial charge is 0.305 e. The van der Waals surface area contributed by atoms with E-state index in [0.29, 0.717) is 0 Å². The fraction of sp³-hybridized carbons (Fsp3) is 0.625. The summed E-state index contributed by atoms with van der Waals surface area (Å²) in [5.74, 6) is -4.48. The van der Waals surface area contributed by atoms with E-state index in [1.165, 1.54) is 6.92 Å². The Bertz CT molecular complexity index is 588. The molecule has 0 aliphatic carbocycles. The minimum absolute atomic E-state index is 0.164. The lowest BCUT2D eigenvalue weighted by Gasteiger charge is -2.22. The van der Waals surface area contributed by atoms with Crippen LogP contribution in [0.25, 0.3) is 0 Å². The number of amides is 4. The van der Waals surface area contributed by atoms with Gasteiger partial charge in [-0.25, -0.2) is 0 Å². The molecular weight excluding hydrogens is 360 g/mol. The third kappa shape index (κ3) is 10.6. The number of ketones is 1. The summed E-state index contributed by atoms with van der Waals surface area (Å²) < 4.78 is 0. The summed E-state index contributed by atoms with van der Waals surface area (Å²) in [7, 11) is 0. The van der Waals surface area contributed by atoms with Crippen LogP contribution in [0, 0.1) is 5.92 Å². The number of aliphatic carboxylic acids is 1. The summed E-state index contributed by atoms with van der Waals surface area (Å²) >= 11 is 0. The zero-order chi connectivity index (χ0) is 21.1. The van der Waals surface area contributed by atoms with Crippen molar-refractivity contribution in [2.75, 3.05) is 13.1 Å². The highest BCUT2D eigenvalue weighted by molar-refractivity contribution is 5.94. The van der Waals surface area contributed by atoms with Crippen molar-refractivity contribution in [3.05, 3.63) is 0 Å². The molecule has 152 valence electrons. The van der Waals surface area contributed by atoms with E-state index in [-0.39, 0.29) is 18.2 Å². The van der Waals surface area contributed by atoms with Crippen molar-refractivity contribution in [1.29, 1.82) is 0 Å². The zero-order valence-corrected chi connectivity index (χ0v) is 15.8. The topological polar surface area (TPSA) is 171 Å². The van der Waals surface area contributed by atoms with Gasteiger partial charge in [-0.3, -0.25) is 28.8 Å². The first kappa shape index (κ1) is 24.0. The van der Waals surface area contributed by atoms with Gasteiger partial charge in [0.2, 0.25) is 23.6 Å². The highest BCUT2D eigenvalue weighted by atomic mass is 16.4. The Labute approximate surface area is 156 Å². The van der Waals surface area contributed by atoms with Crippen LogP contribution in [0.5, 0.6) is 0 Å². The molecule has 0 saturated heterocycles. The lowest BCUT2D eigenvalue weighted by Crippen LogP contribution is -2.54.